The van der Waals surface area contributed by atoms with Crippen LogP contribution < -0.4 is 0 Å². The number of amides is 1. The van der Waals surface area contributed by atoms with Crippen LogP contribution in [-0.2, 0) is 9.47 Å². The molecule has 80 valence electrons. The first-order valence-electron chi connectivity index (χ1n) is 4.92. The highest BCUT2D eigenvalue weighted by molar-refractivity contribution is 5.69. The summed E-state index contributed by atoms with van der Waals surface area (Å²) in [5, 5.41) is 8.72. The fourth-order valence-corrected chi connectivity index (χ4v) is 1.92. The lowest BCUT2D eigenvalue weighted by Crippen LogP contribution is -2.50. The lowest BCUT2D eigenvalue weighted by molar-refractivity contribution is -0.0530. The third-order valence-corrected chi connectivity index (χ3v) is 2.84. The molecule has 1 unspecified atom stereocenters. The van der Waals surface area contributed by atoms with Gasteiger partial charge < -0.3 is 19.5 Å². The summed E-state index contributed by atoms with van der Waals surface area (Å²) in [5.41, 5.74) is -0.372. The quantitative estimate of drug-likeness (QED) is 0.682. The molecule has 2 heterocycles. The molecule has 2 rings (SSSR count). The first-order chi connectivity index (χ1) is 6.76. The highest BCUT2D eigenvalue weighted by Crippen LogP contribution is 2.31. The van der Waals surface area contributed by atoms with Crippen LogP contribution in [0.3, 0.4) is 0 Å². The fraction of sp³-hybridized carbons (Fsp3) is 0.889. The Morgan fingerprint density at radius 3 is 2.93 bits per heavy atom. The molecule has 0 aromatic heterocycles. The molecule has 2 aliphatic heterocycles. The van der Waals surface area contributed by atoms with Gasteiger partial charge in [-0.1, -0.05) is 0 Å². The Labute approximate surface area is 82.6 Å². The third-order valence-electron chi connectivity index (χ3n) is 2.84. The Hall–Kier alpha value is -0.810. The Kier molecular flexibility index (Phi) is 2.60. The van der Waals surface area contributed by atoms with Crippen molar-refractivity contribution in [2.24, 2.45) is 0 Å². The van der Waals surface area contributed by atoms with E-state index >= 15 is 0 Å². The molecular weight excluding hydrogens is 186 g/mol. The summed E-state index contributed by atoms with van der Waals surface area (Å²) in [4.78, 5) is 13.0. The monoisotopic (exact) mass is 201 g/mol. The Bertz CT molecular complexity index is 225. The van der Waals surface area contributed by atoms with Gasteiger partial charge in [0.15, 0.2) is 0 Å². The number of ether oxygens (including phenoxy) is 2. The molecular formula is C9H15NO4. The van der Waals surface area contributed by atoms with Crippen LogP contribution in [0.25, 0.3) is 0 Å². The molecule has 1 atom stereocenters. The van der Waals surface area contributed by atoms with Crippen molar-refractivity contribution >= 4 is 6.09 Å². The lowest BCUT2D eigenvalue weighted by atomic mass is 9.97. The van der Waals surface area contributed by atoms with E-state index in [4.69, 9.17) is 14.6 Å². The molecule has 5 nitrogen and oxygen atoms in total. The Morgan fingerprint density at radius 1 is 1.50 bits per heavy atom. The molecule has 14 heavy (non-hydrogen) atoms. The molecule has 0 aliphatic carbocycles. The average molecular weight is 201 g/mol. The normalized spacial score (nSPS) is 32.4. The SMILES string of the molecule is O=C1OC2(CCOC2)CCN1CCO. The molecule has 5 heteroatoms. The minimum atomic E-state index is -0.372. The zero-order valence-electron chi connectivity index (χ0n) is 8.07. The number of hydrogen-bond donors (Lipinski definition) is 1. The van der Waals surface area contributed by atoms with Crippen molar-refractivity contribution in [1.29, 1.82) is 0 Å². The van der Waals surface area contributed by atoms with Crippen LogP contribution >= 0.6 is 0 Å². The van der Waals surface area contributed by atoms with Crippen LogP contribution in [-0.4, -0.2) is 54.6 Å². The van der Waals surface area contributed by atoms with E-state index in [-0.39, 0.29) is 18.3 Å². The second-order valence-corrected chi connectivity index (χ2v) is 3.81. The number of aliphatic hydroxyl groups is 1. The summed E-state index contributed by atoms with van der Waals surface area (Å²) in [5.74, 6) is 0. The smallest absolute Gasteiger partial charge is 0.410 e. The largest absolute Gasteiger partial charge is 0.440 e. The number of hydrogen-bond acceptors (Lipinski definition) is 4. The number of aliphatic hydroxyl groups excluding tert-OH is 1. The molecule has 2 fully saturated rings. The predicted molar refractivity (Wildman–Crippen MR) is 47.9 cm³/mol. The van der Waals surface area contributed by atoms with Crippen molar-refractivity contribution in [1.82, 2.24) is 4.90 Å². The summed E-state index contributed by atoms with van der Waals surface area (Å²) >= 11 is 0. The maximum atomic E-state index is 11.5. The Morgan fingerprint density at radius 2 is 2.36 bits per heavy atom. The van der Waals surface area contributed by atoms with E-state index in [9.17, 15) is 4.79 Å². The van der Waals surface area contributed by atoms with Gasteiger partial charge in [0, 0.05) is 25.9 Å². The van der Waals surface area contributed by atoms with Gasteiger partial charge in [-0.25, -0.2) is 4.79 Å². The molecule has 0 aromatic carbocycles. The van der Waals surface area contributed by atoms with E-state index in [2.05, 4.69) is 0 Å². The predicted octanol–water partition coefficient (Wildman–Crippen LogP) is -0.0199. The standard InChI is InChI=1S/C9H15NO4/c11-5-4-10-3-1-9(14-8(10)12)2-6-13-7-9/h11H,1-7H2. The molecule has 0 radical (unpaired) electrons. The average Bonchev–Trinajstić information content (AvgIpc) is 2.59. The third kappa shape index (κ3) is 1.69. The van der Waals surface area contributed by atoms with E-state index in [0.717, 1.165) is 12.8 Å². The fourth-order valence-electron chi connectivity index (χ4n) is 1.92. The minimum Gasteiger partial charge on any atom is -0.440 e. The summed E-state index contributed by atoms with van der Waals surface area (Å²) in [6.07, 6.45) is 1.28. The highest BCUT2D eigenvalue weighted by Gasteiger charge is 2.43. The van der Waals surface area contributed by atoms with Gasteiger partial charge in [0.25, 0.3) is 0 Å². The molecule has 0 saturated carbocycles. The van der Waals surface area contributed by atoms with E-state index in [1.165, 1.54) is 4.90 Å². The summed E-state index contributed by atoms with van der Waals surface area (Å²) in [6, 6.07) is 0. The van der Waals surface area contributed by atoms with Gasteiger partial charge in [0.1, 0.15) is 5.60 Å². The topological polar surface area (TPSA) is 59.0 Å². The van der Waals surface area contributed by atoms with E-state index in [1.807, 2.05) is 0 Å². The van der Waals surface area contributed by atoms with Crippen molar-refractivity contribution in [3.8, 4) is 0 Å². The second kappa shape index (κ2) is 3.74. The van der Waals surface area contributed by atoms with Crippen LogP contribution in [0.1, 0.15) is 12.8 Å². The van der Waals surface area contributed by atoms with Gasteiger partial charge >= 0.3 is 6.09 Å². The van der Waals surface area contributed by atoms with Crippen LogP contribution in [0.2, 0.25) is 0 Å². The lowest BCUT2D eigenvalue weighted by Gasteiger charge is -2.37. The van der Waals surface area contributed by atoms with Crippen molar-refractivity contribution in [2.75, 3.05) is 32.9 Å². The second-order valence-electron chi connectivity index (χ2n) is 3.81. The Balaban J connectivity index is 1.95. The maximum absolute atomic E-state index is 11.5. The van der Waals surface area contributed by atoms with Gasteiger partial charge in [0.2, 0.25) is 0 Å². The van der Waals surface area contributed by atoms with E-state index in [0.29, 0.717) is 26.3 Å². The molecule has 0 aromatic rings. The zero-order chi connectivity index (χ0) is 10.0. The number of carbonyl (C=O) groups is 1. The summed E-state index contributed by atoms with van der Waals surface area (Å²) < 4.78 is 10.6. The molecule has 2 aliphatic rings. The van der Waals surface area contributed by atoms with E-state index < -0.39 is 0 Å². The molecule has 0 bridgehead atoms. The first kappa shape index (κ1) is 9.73. The first-order valence-corrected chi connectivity index (χ1v) is 4.92. The van der Waals surface area contributed by atoms with Crippen LogP contribution in [0.5, 0.6) is 0 Å². The summed E-state index contributed by atoms with van der Waals surface area (Å²) in [6.45, 7) is 2.19. The minimum absolute atomic E-state index is 0.0153. The van der Waals surface area contributed by atoms with Crippen LogP contribution in [0, 0.1) is 0 Å². The van der Waals surface area contributed by atoms with Crippen molar-refractivity contribution in [3.05, 3.63) is 0 Å². The van der Waals surface area contributed by atoms with Crippen molar-refractivity contribution < 1.29 is 19.4 Å². The van der Waals surface area contributed by atoms with Crippen molar-refractivity contribution in [3.63, 3.8) is 0 Å². The van der Waals surface area contributed by atoms with Gasteiger partial charge in [-0.15, -0.1) is 0 Å². The molecule has 2 saturated heterocycles. The zero-order valence-corrected chi connectivity index (χ0v) is 8.07. The molecule has 1 spiro atoms. The number of rotatable bonds is 2. The van der Waals surface area contributed by atoms with Gasteiger partial charge in [0.05, 0.1) is 19.8 Å². The number of nitrogens with zero attached hydrogens (tertiary/aromatic N) is 1. The maximum Gasteiger partial charge on any atom is 0.410 e. The highest BCUT2D eigenvalue weighted by atomic mass is 16.6. The summed E-state index contributed by atoms with van der Waals surface area (Å²) in [7, 11) is 0. The van der Waals surface area contributed by atoms with E-state index in [1.54, 1.807) is 0 Å². The van der Waals surface area contributed by atoms with Gasteiger partial charge in [-0.2, -0.15) is 0 Å². The molecule has 1 N–H and O–H groups in total. The number of β-amino-alcohol motifs (C(OH)–C–C–N with tert-alkyl or cyclic N) is 1. The van der Waals surface area contributed by atoms with Crippen LogP contribution in [0.4, 0.5) is 4.79 Å². The van der Waals surface area contributed by atoms with Crippen LogP contribution in [0.15, 0.2) is 0 Å². The van der Waals surface area contributed by atoms with Crippen molar-refractivity contribution in [2.45, 2.75) is 18.4 Å². The molecule has 1 amide bonds. The van der Waals surface area contributed by atoms with Gasteiger partial charge in [-0.3, -0.25) is 0 Å². The van der Waals surface area contributed by atoms with Gasteiger partial charge in [-0.05, 0) is 0 Å². The number of carbonyl (C=O) groups excluding carboxylic acids is 1.